The lowest BCUT2D eigenvalue weighted by Gasteiger charge is -2.42. The maximum absolute atomic E-state index is 12.3. The normalized spacial score (nSPS) is 24.7. The molecule has 122 valence electrons. The predicted octanol–water partition coefficient (Wildman–Crippen LogP) is 1.07. The van der Waals surface area contributed by atoms with Crippen LogP contribution in [-0.4, -0.2) is 45.3 Å². The zero-order valence-corrected chi connectivity index (χ0v) is 13.1. The van der Waals surface area contributed by atoms with Crippen LogP contribution in [0.2, 0.25) is 0 Å². The van der Waals surface area contributed by atoms with Gasteiger partial charge in [-0.25, -0.2) is 13.1 Å². The van der Waals surface area contributed by atoms with Gasteiger partial charge in [0.2, 0.25) is 10.0 Å². The molecule has 0 bridgehead atoms. The van der Waals surface area contributed by atoms with E-state index in [-0.39, 0.29) is 28.8 Å². The second kappa shape index (κ2) is 6.69. The summed E-state index contributed by atoms with van der Waals surface area (Å²) in [7, 11) is -2.25. The van der Waals surface area contributed by atoms with Crippen molar-refractivity contribution in [2.75, 3.05) is 13.7 Å². The minimum atomic E-state index is -3.75. The molecule has 0 aliphatic heterocycles. The Hall–Kier alpha value is -1.55. The van der Waals surface area contributed by atoms with Crippen molar-refractivity contribution >= 4 is 15.7 Å². The monoisotopic (exact) mass is 330 g/mol. The predicted molar refractivity (Wildman–Crippen MR) is 78.0 cm³/mol. The first kappa shape index (κ1) is 16.8. The van der Waals surface area contributed by atoms with Crippen LogP contribution in [0.5, 0.6) is 0 Å². The van der Waals surface area contributed by atoms with Gasteiger partial charge in [-0.05, 0) is 25.5 Å². The summed E-state index contributed by atoms with van der Waals surface area (Å²) >= 11 is 0. The van der Waals surface area contributed by atoms with Gasteiger partial charge in [-0.2, -0.15) is 0 Å². The van der Waals surface area contributed by atoms with E-state index in [9.17, 15) is 18.5 Å². The quantitative estimate of drug-likeness (QED) is 0.592. The molecule has 22 heavy (non-hydrogen) atoms. The highest BCUT2D eigenvalue weighted by Gasteiger charge is 2.44. The van der Waals surface area contributed by atoms with Crippen LogP contribution in [0.1, 0.15) is 13.3 Å². The second-order valence-corrected chi connectivity index (χ2v) is 6.62. The summed E-state index contributed by atoms with van der Waals surface area (Å²) in [6.45, 7) is 2.40. The van der Waals surface area contributed by atoms with Gasteiger partial charge in [0.05, 0.1) is 28.1 Å². The number of benzene rings is 1. The lowest BCUT2D eigenvalue weighted by Crippen LogP contribution is -2.60. The van der Waals surface area contributed by atoms with Gasteiger partial charge in [0.1, 0.15) is 0 Å². The van der Waals surface area contributed by atoms with Crippen LogP contribution in [0.4, 0.5) is 5.69 Å². The van der Waals surface area contributed by atoms with Crippen LogP contribution in [0.15, 0.2) is 29.2 Å². The summed E-state index contributed by atoms with van der Waals surface area (Å²) in [5.41, 5.74) is -0.159. The molecule has 1 aromatic rings. The lowest BCUT2D eigenvalue weighted by atomic mass is 9.86. The molecule has 0 saturated heterocycles. The number of hydrogen-bond donors (Lipinski definition) is 1. The van der Waals surface area contributed by atoms with Crippen molar-refractivity contribution < 1.29 is 22.8 Å². The first-order valence-corrected chi connectivity index (χ1v) is 8.28. The number of nitrogens with zero attached hydrogens (tertiary/aromatic N) is 1. The first-order valence-electron chi connectivity index (χ1n) is 6.80. The fourth-order valence-corrected chi connectivity index (χ4v) is 3.66. The number of sulfonamides is 1. The molecule has 0 aromatic heterocycles. The number of nitrogens with one attached hydrogen (secondary N) is 1. The van der Waals surface area contributed by atoms with E-state index in [0.717, 1.165) is 12.1 Å². The minimum absolute atomic E-state index is 0.0205. The van der Waals surface area contributed by atoms with Crippen molar-refractivity contribution in [2.45, 2.75) is 36.5 Å². The smallest absolute Gasteiger partial charge is 0.269 e. The summed E-state index contributed by atoms with van der Waals surface area (Å²) in [4.78, 5) is 9.98. The van der Waals surface area contributed by atoms with Gasteiger partial charge in [0, 0.05) is 25.8 Å². The zero-order valence-electron chi connectivity index (χ0n) is 12.3. The Morgan fingerprint density at radius 2 is 2.00 bits per heavy atom. The number of non-ortho nitro benzene ring substituents is 1. The molecule has 0 unspecified atom stereocenters. The Labute approximate surface area is 128 Å². The van der Waals surface area contributed by atoms with Crippen molar-refractivity contribution in [3.05, 3.63) is 34.4 Å². The third-order valence-electron chi connectivity index (χ3n) is 3.57. The van der Waals surface area contributed by atoms with Crippen molar-refractivity contribution in [3.8, 4) is 0 Å². The van der Waals surface area contributed by atoms with E-state index < -0.39 is 14.9 Å². The number of nitro benzene ring substituents is 1. The number of methoxy groups -OCH3 is 1. The van der Waals surface area contributed by atoms with Crippen LogP contribution in [0.3, 0.4) is 0 Å². The maximum Gasteiger partial charge on any atom is 0.269 e. The fraction of sp³-hybridized carbons (Fsp3) is 0.538. The highest BCUT2D eigenvalue weighted by atomic mass is 32.2. The highest BCUT2D eigenvalue weighted by Crippen LogP contribution is 2.28. The first-order chi connectivity index (χ1) is 10.4. The molecule has 1 saturated carbocycles. The molecule has 9 heteroatoms. The standard InChI is InChI=1S/C13H18N2O6S/c1-3-21-12-8-11(13(12)20-2)14-22(18,19)10-6-4-9(5-7-10)15(16)17/h4-7,11-14H,3,8H2,1-2H3/t11-,12-,13-/m1/s1. The third-order valence-corrected chi connectivity index (χ3v) is 5.07. The van der Waals surface area contributed by atoms with Crippen LogP contribution < -0.4 is 4.72 Å². The summed E-state index contributed by atoms with van der Waals surface area (Å²) < 4.78 is 37.8. The summed E-state index contributed by atoms with van der Waals surface area (Å²) in [6, 6.07) is 4.36. The Bertz CT molecular complexity index is 630. The van der Waals surface area contributed by atoms with Crippen molar-refractivity contribution in [1.82, 2.24) is 4.72 Å². The second-order valence-electron chi connectivity index (χ2n) is 4.91. The Kier molecular flexibility index (Phi) is 5.12. The van der Waals surface area contributed by atoms with Gasteiger partial charge >= 0.3 is 0 Å². The fourth-order valence-electron chi connectivity index (χ4n) is 2.40. The summed E-state index contributed by atoms with van der Waals surface area (Å²) in [5.74, 6) is 0. The number of hydrogen-bond acceptors (Lipinski definition) is 6. The molecule has 1 fully saturated rings. The lowest BCUT2D eigenvalue weighted by molar-refractivity contribution is -0.384. The number of ether oxygens (including phenoxy) is 2. The van der Waals surface area contributed by atoms with Gasteiger partial charge in [-0.3, -0.25) is 10.1 Å². The molecule has 8 nitrogen and oxygen atoms in total. The van der Waals surface area contributed by atoms with E-state index in [4.69, 9.17) is 9.47 Å². The SMILES string of the molecule is CCO[C@@H]1C[C@@H](NS(=O)(=O)c2ccc([N+](=O)[O-])cc2)[C@H]1OC. The van der Waals surface area contributed by atoms with E-state index in [2.05, 4.69) is 4.72 Å². The topological polar surface area (TPSA) is 108 Å². The van der Waals surface area contributed by atoms with Gasteiger partial charge in [-0.1, -0.05) is 0 Å². The molecule has 3 atom stereocenters. The van der Waals surface area contributed by atoms with Crippen LogP contribution in [0, 0.1) is 10.1 Å². The number of nitro groups is 1. The molecule has 2 rings (SSSR count). The van der Waals surface area contributed by atoms with Crippen LogP contribution in [0.25, 0.3) is 0 Å². The Morgan fingerprint density at radius 3 is 2.50 bits per heavy atom. The highest BCUT2D eigenvalue weighted by molar-refractivity contribution is 7.89. The summed E-state index contributed by atoms with van der Waals surface area (Å²) in [5, 5.41) is 10.6. The van der Waals surface area contributed by atoms with Crippen molar-refractivity contribution in [1.29, 1.82) is 0 Å². The average Bonchev–Trinajstić information content (AvgIpc) is 2.46. The molecule has 0 spiro atoms. The molecule has 1 aromatic carbocycles. The Balaban J connectivity index is 2.07. The average molecular weight is 330 g/mol. The zero-order chi connectivity index (χ0) is 16.3. The van der Waals surface area contributed by atoms with E-state index >= 15 is 0 Å². The van der Waals surface area contributed by atoms with E-state index in [1.807, 2.05) is 6.92 Å². The number of rotatable bonds is 7. The minimum Gasteiger partial charge on any atom is -0.377 e. The molecule has 0 amide bonds. The molecule has 0 heterocycles. The molecular formula is C13H18N2O6S. The van der Waals surface area contributed by atoms with Crippen molar-refractivity contribution in [3.63, 3.8) is 0 Å². The largest absolute Gasteiger partial charge is 0.377 e. The van der Waals surface area contributed by atoms with E-state index in [1.165, 1.54) is 19.2 Å². The molecule has 1 N–H and O–H groups in total. The third kappa shape index (κ3) is 3.43. The van der Waals surface area contributed by atoms with Gasteiger partial charge in [-0.15, -0.1) is 0 Å². The molecule has 1 aliphatic carbocycles. The van der Waals surface area contributed by atoms with Gasteiger partial charge in [0.25, 0.3) is 5.69 Å². The van der Waals surface area contributed by atoms with Crippen LogP contribution in [-0.2, 0) is 19.5 Å². The van der Waals surface area contributed by atoms with Crippen molar-refractivity contribution in [2.24, 2.45) is 0 Å². The van der Waals surface area contributed by atoms with Gasteiger partial charge < -0.3 is 9.47 Å². The van der Waals surface area contributed by atoms with Crippen LogP contribution >= 0.6 is 0 Å². The maximum atomic E-state index is 12.3. The molecule has 0 radical (unpaired) electrons. The molecule has 1 aliphatic rings. The van der Waals surface area contributed by atoms with E-state index in [1.54, 1.807) is 0 Å². The molecular weight excluding hydrogens is 312 g/mol. The Morgan fingerprint density at radius 1 is 1.36 bits per heavy atom. The van der Waals surface area contributed by atoms with Gasteiger partial charge in [0.15, 0.2) is 0 Å². The van der Waals surface area contributed by atoms with E-state index in [0.29, 0.717) is 13.0 Å². The summed E-state index contributed by atoms with van der Waals surface area (Å²) in [6.07, 6.45) is 0.0609.